The Morgan fingerprint density at radius 2 is 2.00 bits per heavy atom. The van der Waals surface area contributed by atoms with E-state index >= 15 is 0 Å². The first kappa shape index (κ1) is 18.5. The molecule has 0 radical (unpaired) electrons. The van der Waals surface area contributed by atoms with Crippen LogP contribution in [0.25, 0.3) is 5.69 Å². The fraction of sp³-hybridized carbons (Fsp3) is 0.474. The van der Waals surface area contributed by atoms with Crippen LogP contribution in [0, 0.1) is 11.8 Å². The van der Waals surface area contributed by atoms with Crippen molar-refractivity contribution in [2.24, 2.45) is 11.8 Å². The second-order valence-corrected chi connectivity index (χ2v) is 6.77. The van der Waals surface area contributed by atoms with Crippen LogP contribution in [-0.2, 0) is 11.2 Å². The summed E-state index contributed by atoms with van der Waals surface area (Å²) in [6.07, 6.45) is 1.03. The number of amides is 1. The van der Waals surface area contributed by atoms with Crippen LogP contribution in [0.3, 0.4) is 0 Å². The third kappa shape index (κ3) is 4.65. The van der Waals surface area contributed by atoms with E-state index in [4.69, 9.17) is 0 Å². The lowest BCUT2D eigenvalue weighted by Crippen LogP contribution is -2.38. The number of nitrogens with one attached hydrogen (secondary N) is 1. The Morgan fingerprint density at radius 3 is 2.73 bits per heavy atom. The molecule has 1 aliphatic rings. The van der Waals surface area contributed by atoms with Crippen LogP contribution in [0.2, 0.25) is 0 Å². The highest BCUT2D eigenvalue weighted by atomic mass is 19.4. The molecule has 140 valence electrons. The molecule has 2 aromatic rings. The fourth-order valence-electron chi connectivity index (χ4n) is 3.41. The van der Waals surface area contributed by atoms with Crippen LogP contribution >= 0.6 is 0 Å². The summed E-state index contributed by atoms with van der Waals surface area (Å²) in [6, 6.07) is 9.67. The predicted molar refractivity (Wildman–Crippen MR) is 91.8 cm³/mol. The third-order valence-electron chi connectivity index (χ3n) is 4.88. The molecule has 1 fully saturated rings. The summed E-state index contributed by atoms with van der Waals surface area (Å²) in [5.74, 6) is -2.16. The zero-order valence-corrected chi connectivity index (χ0v) is 14.4. The molecule has 7 heteroatoms. The number of benzene rings is 1. The number of hydrogen-bond acceptors (Lipinski definition) is 2. The summed E-state index contributed by atoms with van der Waals surface area (Å²) in [5, 5.41) is 7.07. The molecule has 1 saturated carbocycles. The SMILES string of the molecule is O=C(NCCc1cnn(-c2ccccc2)c1)[C@H]1CCC[C@H](C(F)(F)F)C1. The topological polar surface area (TPSA) is 46.9 Å². The largest absolute Gasteiger partial charge is 0.391 e. The number of hydrogen-bond donors (Lipinski definition) is 1. The van der Waals surface area contributed by atoms with Crippen molar-refractivity contribution < 1.29 is 18.0 Å². The molecule has 3 rings (SSSR count). The highest BCUT2D eigenvalue weighted by molar-refractivity contribution is 5.78. The maximum Gasteiger partial charge on any atom is 0.391 e. The quantitative estimate of drug-likeness (QED) is 0.874. The van der Waals surface area contributed by atoms with Crippen molar-refractivity contribution in [3.05, 3.63) is 48.3 Å². The van der Waals surface area contributed by atoms with E-state index in [1.807, 2.05) is 36.5 Å². The minimum absolute atomic E-state index is 0.0960. The first-order valence-electron chi connectivity index (χ1n) is 8.87. The Balaban J connectivity index is 1.48. The zero-order valence-electron chi connectivity index (χ0n) is 14.4. The van der Waals surface area contributed by atoms with Gasteiger partial charge in [-0.1, -0.05) is 24.6 Å². The van der Waals surface area contributed by atoms with Gasteiger partial charge in [-0.15, -0.1) is 0 Å². The normalized spacial score (nSPS) is 20.7. The van der Waals surface area contributed by atoms with Gasteiger partial charge in [0.2, 0.25) is 5.91 Å². The highest BCUT2D eigenvalue weighted by Crippen LogP contribution is 2.39. The lowest BCUT2D eigenvalue weighted by atomic mass is 9.80. The molecule has 1 aromatic heterocycles. The third-order valence-corrected chi connectivity index (χ3v) is 4.88. The summed E-state index contributed by atoms with van der Waals surface area (Å²) >= 11 is 0. The second-order valence-electron chi connectivity index (χ2n) is 6.77. The minimum Gasteiger partial charge on any atom is -0.356 e. The van der Waals surface area contributed by atoms with Crippen molar-refractivity contribution >= 4 is 5.91 Å². The summed E-state index contributed by atoms with van der Waals surface area (Å²) in [4.78, 5) is 12.2. The van der Waals surface area contributed by atoms with Crippen molar-refractivity contribution in [3.63, 3.8) is 0 Å². The van der Waals surface area contributed by atoms with E-state index < -0.39 is 18.0 Å². The van der Waals surface area contributed by atoms with Gasteiger partial charge in [-0.25, -0.2) is 4.68 Å². The average Bonchev–Trinajstić information content (AvgIpc) is 3.11. The van der Waals surface area contributed by atoms with Crippen LogP contribution < -0.4 is 5.32 Å². The monoisotopic (exact) mass is 365 g/mol. The van der Waals surface area contributed by atoms with Crippen LogP contribution in [-0.4, -0.2) is 28.4 Å². The molecule has 1 aromatic carbocycles. The number of para-hydroxylation sites is 1. The summed E-state index contributed by atoms with van der Waals surface area (Å²) < 4.78 is 40.3. The van der Waals surface area contributed by atoms with Crippen molar-refractivity contribution in [2.45, 2.75) is 38.3 Å². The summed E-state index contributed by atoms with van der Waals surface area (Å²) in [6.45, 7) is 0.395. The molecule has 0 saturated heterocycles. The Kier molecular flexibility index (Phi) is 5.64. The summed E-state index contributed by atoms with van der Waals surface area (Å²) in [5.41, 5.74) is 1.91. The first-order valence-corrected chi connectivity index (χ1v) is 8.87. The smallest absolute Gasteiger partial charge is 0.356 e. The molecule has 26 heavy (non-hydrogen) atoms. The zero-order chi connectivity index (χ0) is 18.6. The number of aromatic nitrogens is 2. The number of halogens is 3. The molecule has 1 aliphatic carbocycles. The van der Waals surface area contributed by atoms with Crippen LogP contribution in [0.5, 0.6) is 0 Å². The van der Waals surface area contributed by atoms with E-state index in [0.717, 1.165) is 11.3 Å². The van der Waals surface area contributed by atoms with E-state index in [2.05, 4.69) is 10.4 Å². The molecule has 0 spiro atoms. The standard InChI is InChI=1S/C19H22F3N3O/c20-19(21,22)16-6-4-5-15(11-16)18(26)23-10-9-14-12-24-25(13-14)17-7-2-1-3-8-17/h1-3,7-8,12-13,15-16H,4-6,9-11H2,(H,23,26)/t15-,16-/m0/s1. The molecule has 2 atom stereocenters. The second kappa shape index (κ2) is 7.93. The van der Waals surface area contributed by atoms with Gasteiger partial charge in [-0.2, -0.15) is 18.3 Å². The number of rotatable bonds is 5. The van der Waals surface area contributed by atoms with Gasteiger partial charge in [-0.05, 0) is 43.4 Å². The maximum atomic E-state index is 12.9. The highest BCUT2D eigenvalue weighted by Gasteiger charge is 2.43. The predicted octanol–water partition coefficient (Wildman–Crippen LogP) is 3.90. The van der Waals surface area contributed by atoms with Crippen LogP contribution in [0.15, 0.2) is 42.7 Å². The Bertz CT molecular complexity index is 727. The Morgan fingerprint density at radius 1 is 1.23 bits per heavy atom. The molecule has 0 aliphatic heterocycles. The van der Waals surface area contributed by atoms with Gasteiger partial charge in [0.1, 0.15) is 0 Å². The average molecular weight is 365 g/mol. The van der Waals surface area contributed by atoms with Crippen LogP contribution in [0.1, 0.15) is 31.2 Å². The van der Waals surface area contributed by atoms with E-state index in [-0.39, 0.29) is 18.7 Å². The number of carbonyl (C=O) groups excluding carboxylic acids is 1. The van der Waals surface area contributed by atoms with Crippen molar-refractivity contribution in [2.75, 3.05) is 6.54 Å². The van der Waals surface area contributed by atoms with E-state index in [1.165, 1.54) is 0 Å². The van der Waals surface area contributed by atoms with Gasteiger partial charge in [0.05, 0.1) is 17.8 Å². The van der Waals surface area contributed by atoms with E-state index in [9.17, 15) is 18.0 Å². The van der Waals surface area contributed by atoms with Gasteiger partial charge in [0.15, 0.2) is 0 Å². The maximum absolute atomic E-state index is 12.9. The summed E-state index contributed by atoms with van der Waals surface area (Å²) in [7, 11) is 0. The number of nitrogens with zero attached hydrogens (tertiary/aromatic N) is 2. The van der Waals surface area contributed by atoms with Crippen molar-refractivity contribution in [3.8, 4) is 5.69 Å². The lowest BCUT2D eigenvalue weighted by Gasteiger charge is -2.29. The van der Waals surface area contributed by atoms with E-state index in [1.54, 1.807) is 10.9 Å². The first-order chi connectivity index (χ1) is 12.4. The molecule has 1 heterocycles. The molecular weight excluding hydrogens is 343 g/mol. The number of alkyl halides is 3. The van der Waals surface area contributed by atoms with Gasteiger partial charge in [0.25, 0.3) is 0 Å². The Hall–Kier alpha value is -2.31. The minimum atomic E-state index is -4.20. The molecule has 1 N–H and O–H groups in total. The van der Waals surface area contributed by atoms with Crippen molar-refractivity contribution in [1.82, 2.24) is 15.1 Å². The molecule has 0 unspecified atom stereocenters. The molecular formula is C19H22F3N3O. The lowest BCUT2D eigenvalue weighted by molar-refractivity contribution is -0.186. The van der Waals surface area contributed by atoms with Gasteiger partial charge in [-0.3, -0.25) is 4.79 Å². The van der Waals surface area contributed by atoms with Gasteiger partial charge < -0.3 is 5.32 Å². The Labute approximate surface area is 150 Å². The molecule has 0 bridgehead atoms. The molecule has 1 amide bonds. The molecule has 4 nitrogen and oxygen atoms in total. The fourth-order valence-corrected chi connectivity index (χ4v) is 3.41. The van der Waals surface area contributed by atoms with E-state index in [0.29, 0.717) is 25.8 Å². The van der Waals surface area contributed by atoms with Gasteiger partial charge >= 0.3 is 6.18 Å². The number of carbonyl (C=O) groups is 1. The van der Waals surface area contributed by atoms with Gasteiger partial charge in [0, 0.05) is 18.7 Å². The van der Waals surface area contributed by atoms with Crippen molar-refractivity contribution in [1.29, 1.82) is 0 Å². The van der Waals surface area contributed by atoms with Crippen LogP contribution in [0.4, 0.5) is 13.2 Å².